The van der Waals surface area contributed by atoms with Crippen molar-refractivity contribution in [3.05, 3.63) is 40.3 Å². The monoisotopic (exact) mass is 263 g/mol. The number of aliphatic hydroxyl groups is 1. The van der Waals surface area contributed by atoms with E-state index in [1.165, 1.54) is 0 Å². The van der Waals surface area contributed by atoms with Crippen molar-refractivity contribution in [2.45, 2.75) is 18.6 Å². The molecule has 1 aliphatic heterocycles. The first-order valence-electron chi connectivity index (χ1n) is 5.69. The molecule has 2 aromatic rings. The topological polar surface area (TPSA) is 51.6 Å². The number of hydrogen-bond donors (Lipinski definition) is 1. The zero-order valence-corrected chi connectivity index (χ0v) is 10.7. The summed E-state index contributed by atoms with van der Waals surface area (Å²) < 4.78 is 11.1. The quantitative estimate of drug-likeness (QED) is 0.905. The third-order valence-electron chi connectivity index (χ3n) is 3.05. The van der Waals surface area contributed by atoms with Crippen LogP contribution in [-0.4, -0.2) is 17.2 Å². The van der Waals surface area contributed by atoms with Crippen LogP contribution in [0.4, 0.5) is 0 Å². The largest absolute Gasteiger partial charge is 0.497 e. The molecular weight excluding hydrogens is 250 g/mol. The maximum atomic E-state index is 10.2. The molecule has 3 rings (SSSR count). The molecule has 94 valence electrons. The van der Waals surface area contributed by atoms with E-state index in [4.69, 9.17) is 9.47 Å². The van der Waals surface area contributed by atoms with E-state index in [0.29, 0.717) is 12.2 Å². The Morgan fingerprint density at radius 2 is 2.39 bits per heavy atom. The first-order valence-corrected chi connectivity index (χ1v) is 6.57. The molecule has 5 heteroatoms. The van der Waals surface area contributed by atoms with Crippen molar-refractivity contribution >= 4 is 11.3 Å². The molecule has 1 aromatic heterocycles. The Balaban J connectivity index is 1.93. The molecule has 4 nitrogen and oxygen atoms in total. The van der Waals surface area contributed by atoms with Gasteiger partial charge in [-0.15, -0.1) is 11.3 Å². The van der Waals surface area contributed by atoms with Gasteiger partial charge in [-0.05, 0) is 18.2 Å². The number of ether oxygens (including phenoxy) is 2. The molecule has 0 spiro atoms. The second-order valence-corrected chi connectivity index (χ2v) is 5.08. The maximum absolute atomic E-state index is 10.2. The van der Waals surface area contributed by atoms with Crippen LogP contribution < -0.4 is 9.47 Å². The number of benzene rings is 1. The Labute approximate surface area is 109 Å². The van der Waals surface area contributed by atoms with Crippen LogP contribution in [0, 0.1) is 0 Å². The fraction of sp³-hybridized carbons (Fsp3) is 0.308. The minimum Gasteiger partial charge on any atom is -0.497 e. The number of rotatable bonds is 2. The molecule has 0 saturated carbocycles. The van der Waals surface area contributed by atoms with Crippen LogP contribution in [-0.2, 0) is 0 Å². The van der Waals surface area contributed by atoms with Crippen molar-refractivity contribution in [2.75, 3.05) is 7.11 Å². The highest BCUT2D eigenvalue weighted by molar-refractivity contribution is 7.09. The predicted octanol–water partition coefficient (Wildman–Crippen LogP) is 2.71. The smallest absolute Gasteiger partial charge is 0.137 e. The van der Waals surface area contributed by atoms with Crippen LogP contribution in [0.2, 0.25) is 0 Å². The number of aromatic nitrogens is 1. The number of methoxy groups -OCH3 is 1. The second-order valence-electron chi connectivity index (χ2n) is 4.17. The summed E-state index contributed by atoms with van der Waals surface area (Å²) in [5.41, 5.74) is 2.56. The average Bonchev–Trinajstić information content (AvgIpc) is 2.92. The SMILES string of the molecule is COc1ccc2c(c1)[C@@H](O)CC(c1cncs1)O2. The molecule has 2 heterocycles. The minimum atomic E-state index is -0.532. The van der Waals surface area contributed by atoms with Crippen molar-refractivity contribution < 1.29 is 14.6 Å². The lowest BCUT2D eigenvalue weighted by atomic mass is 9.98. The molecule has 1 aromatic carbocycles. The third kappa shape index (κ3) is 1.95. The second kappa shape index (κ2) is 4.59. The van der Waals surface area contributed by atoms with Crippen LogP contribution in [0.3, 0.4) is 0 Å². The Bertz CT molecular complexity index is 541. The minimum absolute atomic E-state index is 0.117. The molecule has 1 aliphatic rings. The van der Waals surface area contributed by atoms with E-state index in [-0.39, 0.29) is 6.10 Å². The zero-order chi connectivity index (χ0) is 12.5. The third-order valence-corrected chi connectivity index (χ3v) is 3.92. The van der Waals surface area contributed by atoms with E-state index >= 15 is 0 Å². The van der Waals surface area contributed by atoms with Gasteiger partial charge in [0.2, 0.25) is 0 Å². The summed E-state index contributed by atoms with van der Waals surface area (Å²) in [5, 5.41) is 10.2. The molecule has 0 bridgehead atoms. The molecule has 0 amide bonds. The van der Waals surface area contributed by atoms with E-state index in [2.05, 4.69) is 4.98 Å². The predicted molar refractivity (Wildman–Crippen MR) is 68.1 cm³/mol. The molecule has 2 atom stereocenters. The molecule has 0 radical (unpaired) electrons. The number of thiazole rings is 1. The fourth-order valence-electron chi connectivity index (χ4n) is 2.11. The number of fused-ring (bicyclic) bond motifs is 1. The lowest BCUT2D eigenvalue weighted by molar-refractivity contribution is 0.0670. The standard InChI is InChI=1S/C13H13NO3S/c1-16-8-2-3-11-9(4-8)10(15)5-12(17-11)13-6-14-7-18-13/h2-4,6-7,10,12,15H,5H2,1H3/t10-,12?/m0/s1. The van der Waals surface area contributed by atoms with Gasteiger partial charge in [0.15, 0.2) is 0 Å². The summed E-state index contributed by atoms with van der Waals surface area (Å²) >= 11 is 1.54. The van der Waals surface area contributed by atoms with Crippen molar-refractivity contribution in [3.8, 4) is 11.5 Å². The molecular formula is C13H13NO3S. The van der Waals surface area contributed by atoms with Gasteiger partial charge in [0.05, 0.1) is 23.6 Å². The van der Waals surface area contributed by atoms with Crippen molar-refractivity contribution in [2.24, 2.45) is 0 Å². The van der Waals surface area contributed by atoms with Crippen LogP contribution >= 0.6 is 11.3 Å². The number of nitrogens with zero attached hydrogens (tertiary/aromatic N) is 1. The average molecular weight is 263 g/mol. The summed E-state index contributed by atoms with van der Waals surface area (Å²) in [6.45, 7) is 0. The van der Waals surface area contributed by atoms with Crippen molar-refractivity contribution in [3.63, 3.8) is 0 Å². The van der Waals surface area contributed by atoms with Gasteiger partial charge in [-0.1, -0.05) is 0 Å². The van der Waals surface area contributed by atoms with Gasteiger partial charge in [-0.3, -0.25) is 4.98 Å². The Hall–Kier alpha value is -1.59. The van der Waals surface area contributed by atoms with E-state index in [1.807, 2.05) is 18.2 Å². The van der Waals surface area contributed by atoms with Crippen LogP contribution in [0.1, 0.15) is 29.1 Å². The first-order chi connectivity index (χ1) is 8.78. The molecule has 18 heavy (non-hydrogen) atoms. The maximum Gasteiger partial charge on any atom is 0.137 e. The summed E-state index contributed by atoms with van der Waals surface area (Å²) in [6, 6.07) is 5.49. The van der Waals surface area contributed by atoms with Gasteiger partial charge in [-0.2, -0.15) is 0 Å². The van der Waals surface area contributed by atoms with E-state index in [0.717, 1.165) is 16.2 Å². The fourth-order valence-corrected chi connectivity index (χ4v) is 2.77. The van der Waals surface area contributed by atoms with Crippen LogP contribution in [0.15, 0.2) is 29.9 Å². The van der Waals surface area contributed by atoms with Crippen LogP contribution in [0.5, 0.6) is 11.5 Å². The zero-order valence-electron chi connectivity index (χ0n) is 9.87. The van der Waals surface area contributed by atoms with Gasteiger partial charge in [-0.25, -0.2) is 0 Å². The number of aliphatic hydroxyl groups excluding tert-OH is 1. The van der Waals surface area contributed by atoms with E-state index < -0.39 is 6.10 Å². The number of hydrogen-bond acceptors (Lipinski definition) is 5. The van der Waals surface area contributed by atoms with Crippen LogP contribution in [0.25, 0.3) is 0 Å². The first kappa shape index (κ1) is 11.5. The highest BCUT2D eigenvalue weighted by Gasteiger charge is 2.29. The van der Waals surface area contributed by atoms with Gasteiger partial charge in [0.1, 0.15) is 17.6 Å². The van der Waals surface area contributed by atoms with Gasteiger partial charge in [0, 0.05) is 18.2 Å². The summed E-state index contributed by atoms with van der Waals surface area (Å²) in [4.78, 5) is 5.08. The summed E-state index contributed by atoms with van der Waals surface area (Å²) in [5.74, 6) is 1.44. The van der Waals surface area contributed by atoms with E-state index in [9.17, 15) is 5.11 Å². The van der Waals surface area contributed by atoms with Crippen molar-refractivity contribution in [1.29, 1.82) is 0 Å². The lowest BCUT2D eigenvalue weighted by Gasteiger charge is -2.29. The summed E-state index contributed by atoms with van der Waals surface area (Å²) in [6.07, 6.45) is 1.68. The van der Waals surface area contributed by atoms with Gasteiger partial charge >= 0.3 is 0 Å². The molecule has 1 unspecified atom stereocenters. The Morgan fingerprint density at radius 1 is 1.50 bits per heavy atom. The molecule has 0 saturated heterocycles. The Kier molecular flexibility index (Phi) is 2.93. The van der Waals surface area contributed by atoms with Gasteiger partial charge in [0.25, 0.3) is 0 Å². The van der Waals surface area contributed by atoms with E-state index in [1.54, 1.807) is 30.2 Å². The summed E-state index contributed by atoms with van der Waals surface area (Å²) in [7, 11) is 1.61. The van der Waals surface area contributed by atoms with Crippen molar-refractivity contribution in [1.82, 2.24) is 4.98 Å². The highest BCUT2D eigenvalue weighted by atomic mass is 32.1. The van der Waals surface area contributed by atoms with Gasteiger partial charge < -0.3 is 14.6 Å². The molecule has 0 aliphatic carbocycles. The normalized spacial score (nSPS) is 22.1. The highest BCUT2D eigenvalue weighted by Crippen LogP contribution is 2.42. The molecule has 0 fully saturated rings. The lowest BCUT2D eigenvalue weighted by Crippen LogP contribution is -2.18. The molecule has 1 N–H and O–H groups in total. The Morgan fingerprint density at radius 3 is 3.11 bits per heavy atom.